The van der Waals surface area contributed by atoms with Crippen LogP contribution in [0.1, 0.15) is 65.2 Å². The zero-order valence-electron chi connectivity index (χ0n) is 13.0. The van der Waals surface area contributed by atoms with Crippen LogP contribution in [0.3, 0.4) is 0 Å². The van der Waals surface area contributed by atoms with E-state index >= 15 is 0 Å². The fourth-order valence-corrected chi connectivity index (χ4v) is 4.15. The van der Waals surface area contributed by atoms with Crippen molar-refractivity contribution in [3.05, 3.63) is 12.2 Å². The van der Waals surface area contributed by atoms with Gasteiger partial charge in [-0.25, -0.2) is 0 Å². The molecule has 2 heteroatoms. The molecule has 1 aliphatic heterocycles. The maximum Gasteiger partial charge on any atom is 0.0365 e. The summed E-state index contributed by atoms with van der Waals surface area (Å²) in [6.07, 6.45) is 10.8. The second kappa shape index (κ2) is 6.90. The Morgan fingerprint density at radius 3 is 2.37 bits per heavy atom. The van der Waals surface area contributed by atoms with Crippen molar-refractivity contribution in [3.63, 3.8) is 0 Å². The zero-order chi connectivity index (χ0) is 13.7. The Hall–Kier alpha value is -0.340. The van der Waals surface area contributed by atoms with Crippen LogP contribution in [0, 0.1) is 0 Å². The van der Waals surface area contributed by atoms with Gasteiger partial charge in [0.05, 0.1) is 0 Å². The van der Waals surface area contributed by atoms with Crippen molar-refractivity contribution in [2.24, 2.45) is 0 Å². The lowest BCUT2D eigenvalue weighted by Crippen LogP contribution is -2.59. The van der Waals surface area contributed by atoms with E-state index in [1.54, 1.807) is 0 Å². The highest BCUT2D eigenvalue weighted by Gasteiger charge is 2.46. The van der Waals surface area contributed by atoms with Gasteiger partial charge in [0, 0.05) is 11.6 Å². The number of hydrogen-bond donors (Lipinski definition) is 1. The monoisotopic (exact) mass is 264 g/mol. The van der Waals surface area contributed by atoms with E-state index < -0.39 is 0 Å². The molecular formula is C17H32N2. The molecule has 2 nitrogen and oxygen atoms in total. The van der Waals surface area contributed by atoms with E-state index in [1.807, 2.05) is 0 Å². The minimum Gasteiger partial charge on any atom is -0.312 e. The molecule has 0 aromatic rings. The number of hydrogen-bond acceptors (Lipinski definition) is 2. The maximum atomic E-state index is 4.17. The minimum absolute atomic E-state index is 0.435. The van der Waals surface area contributed by atoms with Gasteiger partial charge in [0.1, 0.15) is 0 Å². The summed E-state index contributed by atoms with van der Waals surface area (Å²) in [7, 11) is 0. The van der Waals surface area contributed by atoms with Gasteiger partial charge < -0.3 is 5.32 Å². The van der Waals surface area contributed by atoms with Crippen LogP contribution in [0.25, 0.3) is 0 Å². The van der Waals surface area contributed by atoms with E-state index in [1.165, 1.54) is 63.6 Å². The molecule has 1 saturated heterocycles. The molecule has 0 aromatic heterocycles. The molecule has 1 heterocycles. The highest BCUT2D eigenvalue weighted by atomic mass is 15.2. The largest absolute Gasteiger partial charge is 0.312 e. The first-order valence-electron chi connectivity index (χ1n) is 8.32. The molecule has 2 rings (SSSR count). The van der Waals surface area contributed by atoms with Crippen molar-refractivity contribution in [1.29, 1.82) is 0 Å². The first-order valence-corrected chi connectivity index (χ1v) is 8.32. The van der Waals surface area contributed by atoms with Crippen LogP contribution in [-0.4, -0.2) is 36.1 Å². The number of nitrogens with one attached hydrogen (secondary N) is 1. The third-order valence-electron chi connectivity index (χ3n) is 5.05. The van der Waals surface area contributed by atoms with Crippen LogP contribution >= 0.6 is 0 Å². The highest BCUT2D eigenvalue weighted by Crippen LogP contribution is 2.41. The van der Waals surface area contributed by atoms with E-state index in [9.17, 15) is 0 Å². The average Bonchev–Trinajstić information content (AvgIpc) is 3.03. The van der Waals surface area contributed by atoms with Crippen molar-refractivity contribution in [2.45, 2.75) is 76.8 Å². The summed E-state index contributed by atoms with van der Waals surface area (Å²) < 4.78 is 0. The van der Waals surface area contributed by atoms with Crippen molar-refractivity contribution in [2.75, 3.05) is 19.6 Å². The lowest BCUT2D eigenvalue weighted by Gasteiger charge is -2.46. The topological polar surface area (TPSA) is 15.3 Å². The first kappa shape index (κ1) is 15.1. The smallest absolute Gasteiger partial charge is 0.0365 e. The Balaban J connectivity index is 2.14. The van der Waals surface area contributed by atoms with E-state index in [0.29, 0.717) is 11.6 Å². The van der Waals surface area contributed by atoms with Gasteiger partial charge in [-0.05, 0) is 65.1 Å². The highest BCUT2D eigenvalue weighted by molar-refractivity contribution is 5.09. The molecule has 0 radical (unpaired) electrons. The van der Waals surface area contributed by atoms with Gasteiger partial charge in [0.15, 0.2) is 0 Å². The van der Waals surface area contributed by atoms with E-state index in [2.05, 4.69) is 30.6 Å². The van der Waals surface area contributed by atoms with Crippen LogP contribution < -0.4 is 5.32 Å². The van der Waals surface area contributed by atoms with Gasteiger partial charge in [0.25, 0.3) is 0 Å². The van der Waals surface area contributed by atoms with Crippen LogP contribution in [0.5, 0.6) is 0 Å². The summed E-state index contributed by atoms with van der Waals surface area (Å²) in [5.41, 5.74) is 1.77. The van der Waals surface area contributed by atoms with Crippen molar-refractivity contribution in [1.82, 2.24) is 10.2 Å². The molecule has 0 spiro atoms. The second-order valence-electron chi connectivity index (χ2n) is 6.67. The molecule has 1 atom stereocenters. The molecule has 2 aliphatic rings. The summed E-state index contributed by atoms with van der Waals surface area (Å²) >= 11 is 0. The Labute approximate surface area is 119 Å². The van der Waals surface area contributed by atoms with Crippen LogP contribution in [0.15, 0.2) is 12.2 Å². The molecule has 1 aliphatic carbocycles. The van der Waals surface area contributed by atoms with Crippen LogP contribution in [0.2, 0.25) is 0 Å². The molecule has 0 bridgehead atoms. The Kier molecular flexibility index (Phi) is 5.47. The van der Waals surface area contributed by atoms with E-state index in [0.717, 1.165) is 13.0 Å². The molecule has 1 N–H and O–H groups in total. The summed E-state index contributed by atoms with van der Waals surface area (Å²) in [6, 6.07) is 0.616. The second-order valence-corrected chi connectivity index (χ2v) is 6.67. The predicted molar refractivity (Wildman–Crippen MR) is 83.5 cm³/mol. The quantitative estimate of drug-likeness (QED) is 0.705. The average molecular weight is 264 g/mol. The van der Waals surface area contributed by atoms with Gasteiger partial charge in [-0.3, -0.25) is 4.90 Å². The molecular weight excluding hydrogens is 232 g/mol. The molecule has 0 amide bonds. The van der Waals surface area contributed by atoms with Gasteiger partial charge in [-0.2, -0.15) is 0 Å². The fourth-order valence-electron chi connectivity index (χ4n) is 4.15. The Morgan fingerprint density at radius 1 is 1.21 bits per heavy atom. The number of rotatable bonds is 7. The molecule has 1 saturated carbocycles. The third-order valence-corrected chi connectivity index (χ3v) is 5.05. The summed E-state index contributed by atoms with van der Waals surface area (Å²) in [6.45, 7) is 12.4. The molecule has 0 aromatic carbocycles. The summed E-state index contributed by atoms with van der Waals surface area (Å²) in [5.74, 6) is 0. The first-order chi connectivity index (χ1) is 9.19. The van der Waals surface area contributed by atoms with E-state index in [-0.39, 0.29) is 0 Å². The van der Waals surface area contributed by atoms with Gasteiger partial charge in [-0.15, -0.1) is 6.58 Å². The lowest BCUT2D eigenvalue weighted by atomic mass is 9.82. The lowest BCUT2D eigenvalue weighted by molar-refractivity contribution is 0.0766. The Morgan fingerprint density at radius 2 is 1.84 bits per heavy atom. The van der Waals surface area contributed by atoms with Crippen LogP contribution in [0.4, 0.5) is 0 Å². The van der Waals surface area contributed by atoms with Crippen molar-refractivity contribution < 1.29 is 0 Å². The van der Waals surface area contributed by atoms with Gasteiger partial charge in [0.2, 0.25) is 0 Å². The summed E-state index contributed by atoms with van der Waals surface area (Å²) in [5, 5.41) is 3.86. The Bertz CT molecular complexity index is 286. The molecule has 1 unspecified atom stereocenters. The minimum atomic E-state index is 0.435. The standard InChI is InChI=1S/C17H32N2/c1-4-11-18-16(14-15(2)3)17(9-5-6-10-17)19-12-7-8-13-19/h16,18H,2,4-14H2,1,3H3. The normalized spacial score (nSPS) is 24.7. The fraction of sp³-hybridized carbons (Fsp3) is 0.882. The SMILES string of the molecule is C=C(C)CC(NCCC)C1(N2CCCC2)CCCC1. The van der Waals surface area contributed by atoms with E-state index in [4.69, 9.17) is 0 Å². The molecule has 19 heavy (non-hydrogen) atoms. The predicted octanol–water partition coefficient (Wildman–Crippen LogP) is 3.73. The summed E-state index contributed by atoms with van der Waals surface area (Å²) in [4.78, 5) is 2.82. The van der Waals surface area contributed by atoms with Gasteiger partial charge >= 0.3 is 0 Å². The third kappa shape index (κ3) is 3.41. The van der Waals surface area contributed by atoms with Crippen molar-refractivity contribution in [3.8, 4) is 0 Å². The number of nitrogens with zero attached hydrogens (tertiary/aromatic N) is 1. The van der Waals surface area contributed by atoms with Crippen LogP contribution in [-0.2, 0) is 0 Å². The molecule has 2 fully saturated rings. The van der Waals surface area contributed by atoms with Gasteiger partial charge in [-0.1, -0.05) is 25.3 Å². The van der Waals surface area contributed by atoms with Crippen molar-refractivity contribution >= 4 is 0 Å². The zero-order valence-corrected chi connectivity index (χ0v) is 13.0. The maximum absolute atomic E-state index is 4.17. The molecule has 110 valence electrons. The number of likely N-dealkylation sites (tertiary alicyclic amines) is 1.